The highest BCUT2D eigenvalue weighted by Gasteiger charge is 2.33. The fourth-order valence-electron chi connectivity index (χ4n) is 2.32. The molecule has 9 heteroatoms. The lowest BCUT2D eigenvalue weighted by Gasteiger charge is -2.24. The number of ether oxygens (including phenoxy) is 2. The summed E-state index contributed by atoms with van der Waals surface area (Å²) in [7, 11) is -3.10. The maximum absolute atomic E-state index is 12.9. The molecule has 0 aromatic heterocycles. The zero-order chi connectivity index (χ0) is 18.7. The van der Waals surface area contributed by atoms with Gasteiger partial charge in [-0.1, -0.05) is 0 Å². The van der Waals surface area contributed by atoms with Crippen LogP contribution in [0.1, 0.15) is 20.3 Å². The number of hydrogen-bond donors (Lipinski definition) is 1. The molecule has 1 aliphatic heterocycles. The Morgan fingerprint density at radius 3 is 2.48 bits per heavy atom. The molecule has 1 amide bonds. The molecule has 25 heavy (non-hydrogen) atoms. The van der Waals surface area contributed by atoms with Gasteiger partial charge in [0.05, 0.1) is 11.5 Å². The standard InChI is InChI=1S/C16H20FNO6S/c1-16(2,24-13-5-3-11(17)4-6-13)15(20)23-9-14(19)18-12-7-8-25(21,22)10-12/h3-6,12H,7-10H2,1-2H3,(H,18,19)/t12-/m1/s1. The molecule has 0 saturated carbocycles. The van der Waals surface area contributed by atoms with Gasteiger partial charge in [-0.25, -0.2) is 17.6 Å². The first-order valence-corrected chi connectivity index (χ1v) is 9.51. The van der Waals surface area contributed by atoms with Gasteiger partial charge in [-0.15, -0.1) is 0 Å². The van der Waals surface area contributed by atoms with Crippen LogP contribution in [0.25, 0.3) is 0 Å². The Morgan fingerprint density at radius 2 is 1.92 bits per heavy atom. The van der Waals surface area contributed by atoms with E-state index in [9.17, 15) is 22.4 Å². The number of sulfone groups is 1. The van der Waals surface area contributed by atoms with Crippen molar-refractivity contribution in [3.63, 3.8) is 0 Å². The normalized spacial score (nSPS) is 19.2. The van der Waals surface area contributed by atoms with Crippen molar-refractivity contribution in [1.82, 2.24) is 5.32 Å². The Hall–Kier alpha value is -2.16. The number of rotatable bonds is 6. The van der Waals surface area contributed by atoms with E-state index in [0.29, 0.717) is 6.42 Å². The first-order chi connectivity index (χ1) is 11.6. The van der Waals surface area contributed by atoms with Crippen LogP contribution in [0.2, 0.25) is 0 Å². The van der Waals surface area contributed by atoms with Crippen molar-refractivity contribution < 1.29 is 31.9 Å². The van der Waals surface area contributed by atoms with Crippen molar-refractivity contribution in [2.24, 2.45) is 0 Å². The molecule has 0 bridgehead atoms. The van der Waals surface area contributed by atoms with Crippen molar-refractivity contribution in [2.75, 3.05) is 18.1 Å². The summed E-state index contributed by atoms with van der Waals surface area (Å²) >= 11 is 0. The molecule has 138 valence electrons. The van der Waals surface area contributed by atoms with Crippen LogP contribution in [0.3, 0.4) is 0 Å². The third-order valence-electron chi connectivity index (χ3n) is 3.61. The molecule has 1 saturated heterocycles. The molecule has 2 rings (SSSR count). The van der Waals surface area contributed by atoms with E-state index >= 15 is 0 Å². The molecule has 1 aliphatic rings. The number of benzene rings is 1. The summed E-state index contributed by atoms with van der Waals surface area (Å²) in [6.45, 7) is 2.38. The van der Waals surface area contributed by atoms with E-state index in [4.69, 9.17) is 9.47 Å². The topological polar surface area (TPSA) is 98.8 Å². The summed E-state index contributed by atoms with van der Waals surface area (Å²) in [5.74, 6) is -1.57. The molecule has 1 fully saturated rings. The SMILES string of the molecule is CC(C)(Oc1ccc(F)cc1)C(=O)OCC(=O)N[C@@H]1CCS(=O)(=O)C1. The Bertz CT molecular complexity index is 744. The van der Waals surface area contributed by atoms with Gasteiger partial charge in [0, 0.05) is 6.04 Å². The molecule has 0 spiro atoms. The molecule has 0 aliphatic carbocycles. The zero-order valence-electron chi connectivity index (χ0n) is 14.0. The monoisotopic (exact) mass is 373 g/mol. The quantitative estimate of drug-likeness (QED) is 0.742. The van der Waals surface area contributed by atoms with Crippen LogP contribution in [0.4, 0.5) is 4.39 Å². The minimum Gasteiger partial charge on any atom is -0.476 e. The lowest BCUT2D eigenvalue weighted by Crippen LogP contribution is -2.43. The summed E-state index contributed by atoms with van der Waals surface area (Å²) in [5.41, 5.74) is -1.38. The molecular formula is C16H20FNO6S. The largest absolute Gasteiger partial charge is 0.476 e. The van der Waals surface area contributed by atoms with Gasteiger partial charge in [-0.05, 0) is 44.5 Å². The predicted octanol–water partition coefficient (Wildman–Crippen LogP) is 0.830. The molecule has 0 radical (unpaired) electrons. The van der Waals surface area contributed by atoms with E-state index in [1.165, 1.54) is 38.1 Å². The average Bonchev–Trinajstić information content (AvgIpc) is 2.85. The van der Waals surface area contributed by atoms with Gasteiger partial charge >= 0.3 is 5.97 Å². The van der Waals surface area contributed by atoms with Crippen LogP contribution in [0.15, 0.2) is 24.3 Å². The van der Waals surface area contributed by atoms with Gasteiger partial charge in [-0.3, -0.25) is 4.79 Å². The molecule has 1 heterocycles. The Morgan fingerprint density at radius 1 is 1.28 bits per heavy atom. The minimum atomic E-state index is -3.10. The fraction of sp³-hybridized carbons (Fsp3) is 0.500. The highest BCUT2D eigenvalue weighted by atomic mass is 32.2. The van der Waals surface area contributed by atoms with Crippen LogP contribution >= 0.6 is 0 Å². The number of hydrogen-bond acceptors (Lipinski definition) is 6. The van der Waals surface area contributed by atoms with E-state index in [2.05, 4.69) is 5.32 Å². The van der Waals surface area contributed by atoms with Crippen LogP contribution < -0.4 is 10.1 Å². The number of esters is 1. The Kier molecular flexibility index (Phi) is 5.66. The molecule has 1 N–H and O–H groups in total. The molecule has 1 atom stereocenters. The number of nitrogens with one attached hydrogen (secondary N) is 1. The maximum Gasteiger partial charge on any atom is 0.350 e. The van der Waals surface area contributed by atoms with E-state index in [-0.39, 0.29) is 17.3 Å². The second kappa shape index (κ2) is 7.38. The molecular weight excluding hydrogens is 353 g/mol. The smallest absolute Gasteiger partial charge is 0.350 e. The third kappa shape index (κ3) is 5.70. The molecule has 7 nitrogen and oxygen atoms in total. The summed E-state index contributed by atoms with van der Waals surface area (Å²) in [4.78, 5) is 23.9. The average molecular weight is 373 g/mol. The fourth-order valence-corrected chi connectivity index (χ4v) is 4.00. The molecule has 1 aromatic carbocycles. The highest BCUT2D eigenvalue weighted by molar-refractivity contribution is 7.91. The van der Waals surface area contributed by atoms with Crippen molar-refractivity contribution in [2.45, 2.75) is 31.9 Å². The number of carbonyl (C=O) groups excluding carboxylic acids is 2. The van der Waals surface area contributed by atoms with E-state index in [0.717, 1.165) is 0 Å². The lowest BCUT2D eigenvalue weighted by molar-refractivity contribution is -0.162. The van der Waals surface area contributed by atoms with Crippen LogP contribution in [0.5, 0.6) is 5.75 Å². The van der Waals surface area contributed by atoms with Gasteiger partial charge in [0.1, 0.15) is 11.6 Å². The van der Waals surface area contributed by atoms with Crippen molar-refractivity contribution in [1.29, 1.82) is 0 Å². The van der Waals surface area contributed by atoms with Gasteiger partial charge in [0.25, 0.3) is 5.91 Å². The summed E-state index contributed by atoms with van der Waals surface area (Å²) in [6.07, 6.45) is 0.348. The maximum atomic E-state index is 12.9. The van der Waals surface area contributed by atoms with Crippen LogP contribution in [-0.2, 0) is 24.2 Å². The summed E-state index contributed by atoms with van der Waals surface area (Å²) < 4.78 is 45.9. The van der Waals surface area contributed by atoms with E-state index in [1.54, 1.807) is 0 Å². The third-order valence-corrected chi connectivity index (χ3v) is 5.38. The Balaban J connectivity index is 1.81. The molecule has 1 aromatic rings. The van der Waals surface area contributed by atoms with E-state index < -0.39 is 45.8 Å². The van der Waals surface area contributed by atoms with Gasteiger partial charge in [0.15, 0.2) is 22.0 Å². The predicted molar refractivity (Wildman–Crippen MR) is 87.3 cm³/mol. The van der Waals surface area contributed by atoms with Gasteiger partial charge in [-0.2, -0.15) is 0 Å². The second-order valence-corrected chi connectivity index (χ2v) is 8.54. The zero-order valence-corrected chi connectivity index (χ0v) is 14.8. The molecule has 0 unspecified atom stereocenters. The first-order valence-electron chi connectivity index (χ1n) is 7.69. The van der Waals surface area contributed by atoms with Crippen molar-refractivity contribution in [3.8, 4) is 5.75 Å². The Labute approximate surface area is 145 Å². The van der Waals surface area contributed by atoms with Crippen LogP contribution in [0, 0.1) is 5.82 Å². The minimum absolute atomic E-state index is 0.0380. The number of amides is 1. The van der Waals surface area contributed by atoms with Crippen LogP contribution in [-0.4, -0.2) is 50.0 Å². The van der Waals surface area contributed by atoms with Crippen molar-refractivity contribution in [3.05, 3.63) is 30.1 Å². The van der Waals surface area contributed by atoms with Gasteiger partial charge in [0.2, 0.25) is 0 Å². The number of halogens is 1. The summed E-state index contributed by atoms with van der Waals surface area (Å²) in [5, 5.41) is 2.52. The second-order valence-electron chi connectivity index (χ2n) is 6.31. The lowest BCUT2D eigenvalue weighted by atomic mass is 10.1. The number of carbonyl (C=O) groups is 2. The van der Waals surface area contributed by atoms with Crippen molar-refractivity contribution >= 4 is 21.7 Å². The first kappa shape index (κ1) is 19.2. The summed E-state index contributed by atoms with van der Waals surface area (Å²) in [6, 6.07) is 4.68. The van der Waals surface area contributed by atoms with Gasteiger partial charge < -0.3 is 14.8 Å². The highest BCUT2D eigenvalue weighted by Crippen LogP contribution is 2.20. The van der Waals surface area contributed by atoms with E-state index in [1.807, 2.05) is 0 Å².